The van der Waals surface area contributed by atoms with Gasteiger partial charge >= 0.3 is 0 Å². The minimum atomic E-state index is 0.656. The van der Waals surface area contributed by atoms with E-state index in [2.05, 4.69) is 44.2 Å². The molecule has 122 valence electrons. The molecule has 2 aromatic rings. The van der Waals surface area contributed by atoms with Crippen molar-refractivity contribution < 1.29 is 4.74 Å². The fourth-order valence-corrected chi connectivity index (χ4v) is 2.50. The van der Waals surface area contributed by atoms with Gasteiger partial charge in [-0.15, -0.1) is 0 Å². The maximum absolute atomic E-state index is 5.38. The predicted octanol–water partition coefficient (Wildman–Crippen LogP) is 2.19. The van der Waals surface area contributed by atoms with E-state index in [-0.39, 0.29) is 0 Å². The first-order chi connectivity index (χ1) is 11.2. The molecule has 1 aliphatic heterocycles. The Bertz CT molecular complexity index is 638. The number of morpholine rings is 1. The van der Waals surface area contributed by atoms with Gasteiger partial charge in [-0.05, 0) is 25.0 Å². The molecule has 0 aliphatic carbocycles. The fourth-order valence-electron chi connectivity index (χ4n) is 2.50. The summed E-state index contributed by atoms with van der Waals surface area (Å²) in [7, 11) is 0. The van der Waals surface area contributed by atoms with Crippen LogP contribution in [0.2, 0.25) is 0 Å². The van der Waals surface area contributed by atoms with Gasteiger partial charge in [-0.25, -0.2) is 4.98 Å². The Morgan fingerprint density at radius 2 is 2.04 bits per heavy atom. The third-order valence-electron chi connectivity index (χ3n) is 3.88. The molecule has 1 aliphatic rings. The van der Waals surface area contributed by atoms with Gasteiger partial charge in [0.1, 0.15) is 5.82 Å². The minimum Gasteiger partial charge on any atom is -0.378 e. The van der Waals surface area contributed by atoms with Crippen LogP contribution in [-0.4, -0.2) is 41.3 Å². The van der Waals surface area contributed by atoms with Crippen LogP contribution in [0.3, 0.4) is 0 Å². The Balaban J connectivity index is 1.68. The molecule has 0 spiro atoms. The lowest BCUT2D eigenvalue weighted by Gasteiger charge is -2.27. The Hall–Kier alpha value is -2.21. The maximum atomic E-state index is 5.38. The summed E-state index contributed by atoms with van der Waals surface area (Å²) < 4.78 is 5.38. The van der Waals surface area contributed by atoms with E-state index < -0.39 is 0 Å². The van der Waals surface area contributed by atoms with E-state index in [1.54, 1.807) is 0 Å². The number of nitrogens with one attached hydrogen (secondary N) is 1. The number of rotatable bonds is 5. The van der Waals surface area contributed by atoms with Crippen LogP contribution in [0.1, 0.15) is 23.9 Å². The maximum Gasteiger partial charge on any atom is 0.227 e. The van der Waals surface area contributed by atoms with E-state index in [1.165, 1.54) is 5.56 Å². The van der Waals surface area contributed by atoms with Crippen molar-refractivity contribution in [1.29, 1.82) is 0 Å². The lowest BCUT2D eigenvalue weighted by molar-refractivity contribution is 0.122. The topological polar surface area (TPSA) is 63.2 Å². The number of hydrogen-bond donors (Lipinski definition) is 1. The molecule has 6 heteroatoms. The molecule has 23 heavy (non-hydrogen) atoms. The van der Waals surface area contributed by atoms with Gasteiger partial charge < -0.3 is 15.0 Å². The first-order valence-corrected chi connectivity index (χ1v) is 8.10. The first kappa shape index (κ1) is 15.7. The van der Waals surface area contributed by atoms with E-state index in [4.69, 9.17) is 4.74 Å². The number of hydrogen-bond acceptors (Lipinski definition) is 6. The molecular weight excluding hydrogens is 290 g/mol. The van der Waals surface area contributed by atoms with Gasteiger partial charge in [-0.2, -0.15) is 4.98 Å². The second kappa shape index (κ2) is 7.37. The molecule has 0 saturated carbocycles. The van der Waals surface area contributed by atoms with E-state index in [0.717, 1.165) is 55.9 Å². The number of anilines is 2. The summed E-state index contributed by atoms with van der Waals surface area (Å²) in [5.41, 5.74) is 3.21. The molecule has 0 bridgehead atoms. The molecule has 0 radical (unpaired) electrons. The Morgan fingerprint density at radius 3 is 2.74 bits per heavy atom. The summed E-state index contributed by atoms with van der Waals surface area (Å²) in [5, 5.41) is 3.35. The van der Waals surface area contributed by atoms with Gasteiger partial charge in [-0.3, -0.25) is 4.98 Å². The monoisotopic (exact) mass is 313 g/mol. The SMILES string of the molecule is CCc1ccc(CNc2cc(C)nc(N3CCOCC3)n2)nc1. The normalized spacial score (nSPS) is 14.8. The highest BCUT2D eigenvalue weighted by atomic mass is 16.5. The summed E-state index contributed by atoms with van der Waals surface area (Å²) in [6.07, 6.45) is 2.94. The average molecular weight is 313 g/mol. The zero-order chi connectivity index (χ0) is 16.1. The molecule has 1 N–H and O–H groups in total. The summed E-state index contributed by atoms with van der Waals surface area (Å²) >= 11 is 0. The van der Waals surface area contributed by atoms with Crippen molar-refractivity contribution in [2.75, 3.05) is 36.5 Å². The molecule has 0 atom stereocenters. The van der Waals surface area contributed by atoms with Gasteiger partial charge in [-0.1, -0.05) is 13.0 Å². The quantitative estimate of drug-likeness (QED) is 0.913. The minimum absolute atomic E-state index is 0.656. The van der Waals surface area contributed by atoms with Crippen molar-refractivity contribution in [2.45, 2.75) is 26.8 Å². The van der Waals surface area contributed by atoms with Crippen LogP contribution in [0.4, 0.5) is 11.8 Å². The van der Waals surface area contributed by atoms with E-state index >= 15 is 0 Å². The van der Waals surface area contributed by atoms with Crippen molar-refractivity contribution in [3.05, 3.63) is 41.3 Å². The van der Waals surface area contributed by atoms with Crippen molar-refractivity contribution in [2.24, 2.45) is 0 Å². The van der Waals surface area contributed by atoms with E-state index in [1.807, 2.05) is 19.2 Å². The average Bonchev–Trinajstić information content (AvgIpc) is 2.61. The molecular formula is C17H23N5O. The number of pyridine rings is 1. The zero-order valence-electron chi connectivity index (χ0n) is 13.7. The Morgan fingerprint density at radius 1 is 1.22 bits per heavy atom. The summed E-state index contributed by atoms with van der Waals surface area (Å²) in [6.45, 7) is 7.91. The summed E-state index contributed by atoms with van der Waals surface area (Å²) in [5.74, 6) is 1.60. The van der Waals surface area contributed by atoms with Gasteiger partial charge in [0.15, 0.2) is 0 Å². The highest BCUT2D eigenvalue weighted by Crippen LogP contribution is 2.15. The number of nitrogens with zero attached hydrogens (tertiary/aromatic N) is 4. The van der Waals surface area contributed by atoms with Gasteiger partial charge in [0.2, 0.25) is 5.95 Å². The van der Waals surface area contributed by atoms with E-state index in [9.17, 15) is 0 Å². The lowest BCUT2D eigenvalue weighted by atomic mass is 10.2. The lowest BCUT2D eigenvalue weighted by Crippen LogP contribution is -2.37. The fraction of sp³-hybridized carbons (Fsp3) is 0.471. The van der Waals surface area contributed by atoms with Crippen molar-refractivity contribution >= 4 is 11.8 Å². The molecule has 1 saturated heterocycles. The smallest absolute Gasteiger partial charge is 0.227 e. The summed E-state index contributed by atoms with van der Waals surface area (Å²) in [6, 6.07) is 6.14. The standard InChI is InChI=1S/C17H23N5O/c1-3-14-4-5-15(18-11-14)12-19-16-10-13(2)20-17(21-16)22-6-8-23-9-7-22/h4-5,10-11H,3,6-9,12H2,1-2H3,(H,19,20,21). The molecule has 2 aromatic heterocycles. The Labute approximate surface area is 136 Å². The molecule has 1 fully saturated rings. The van der Waals surface area contributed by atoms with Crippen LogP contribution in [0, 0.1) is 6.92 Å². The van der Waals surface area contributed by atoms with Crippen LogP contribution in [0.25, 0.3) is 0 Å². The molecule has 3 heterocycles. The zero-order valence-corrected chi connectivity index (χ0v) is 13.7. The summed E-state index contributed by atoms with van der Waals surface area (Å²) in [4.78, 5) is 15.8. The first-order valence-electron chi connectivity index (χ1n) is 8.10. The van der Waals surface area contributed by atoms with Gasteiger partial charge in [0, 0.05) is 31.0 Å². The van der Waals surface area contributed by atoms with Gasteiger partial charge in [0.25, 0.3) is 0 Å². The second-order valence-electron chi connectivity index (χ2n) is 5.66. The molecule has 0 aromatic carbocycles. The Kier molecular flexibility index (Phi) is 5.02. The van der Waals surface area contributed by atoms with Gasteiger partial charge in [0.05, 0.1) is 25.5 Å². The van der Waals surface area contributed by atoms with Crippen molar-refractivity contribution in [1.82, 2.24) is 15.0 Å². The predicted molar refractivity (Wildman–Crippen MR) is 90.7 cm³/mol. The van der Waals surface area contributed by atoms with Crippen molar-refractivity contribution in [3.63, 3.8) is 0 Å². The molecule has 0 unspecified atom stereocenters. The molecule has 0 amide bonds. The van der Waals surface area contributed by atoms with Crippen molar-refractivity contribution in [3.8, 4) is 0 Å². The highest BCUT2D eigenvalue weighted by Gasteiger charge is 2.14. The number of ether oxygens (including phenoxy) is 1. The van der Waals surface area contributed by atoms with Crippen LogP contribution >= 0.6 is 0 Å². The van der Waals surface area contributed by atoms with Crippen LogP contribution in [0.5, 0.6) is 0 Å². The van der Waals surface area contributed by atoms with Crippen LogP contribution in [0.15, 0.2) is 24.4 Å². The second-order valence-corrected chi connectivity index (χ2v) is 5.66. The number of aryl methyl sites for hydroxylation is 2. The van der Waals surface area contributed by atoms with Crippen LogP contribution < -0.4 is 10.2 Å². The van der Waals surface area contributed by atoms with Crippen LogP contribution in [-0.2, 0) is 17.7 Å². The highest BCUT2D eigenvalue weighted by molar-refractivity contribution is 5.44. The number of aromatic nitrogens is 3. The molecule has 3 rings (SSSR count). The van der Waals surface area contributed by atoms with E-state index in [0.29, 0.717) is 6.54 Å². The third kappa shape index (κ3) is 4.16. The largest absolute Gasteiger partial charge is 0.378 e. The molecule has 6 nitrogen and oxygen atoms in total. The third-order valence-corrected chi connectivity index (χ3v) is 3.88.